The number of carbonyl (C=O) groups is 2. The molecule has 1 saturated heterocycles. The van der Waals surface area contributed by atoms with E-state index >= 15 is 0 Å². The van der Waals surface area contributed by atoms with E-state index in [0.717, 1.165) is 48.4 Å². The monoisotopic (exact) mass is 698 g/mol. The Morgan fingerprint density at radius 1 is 1.16 bits per heavy atom. The highest BCUT2D eigenvalue weighted by molar-refractivity contribution is 6.30. The van der Waals surface area contributed by atoms with Gasteiger partial charge in [-0.05, 0) is 67.6 Å². The minimum absolute atomic E-state index is 0.0968. The molecule has 1 unspecified atom stereocenters. The first-order valence-electron chi connectivity index (χ1n) is 17.6. The van der Waals surface area contributed by atoms with Gasteiger partial charge < -0.3 is 15.2 Å². The lowest BCUT2D eigenvalue weighted by molar-refractivity contribution is -0.121. The number of methoxy groups -OCH3 is 1. The molecule has 2 amide bonds. The molecular formula is C37H43ClN8O4. The fourth-order valence-electron chi connectivity index (χ4n) is 8.93. The van der Waals surface area contributed by atoms with E-state index in [1.165, 1.54) is 25.2 Å². The van der Waals surface area contributed by atoms with Gasteiger partial charge in [0.1, 0.15) is 11.6 Å². The minimum atomic E-state index is -0.543. The van der Waals surface area contributed by atoms with E-state index < -0.39 is 5.91 Å². The lowest BCUT2D eigenvalue weighted by atomic mass is 9.79. The number of amides is 2. The number of carbonyl (C=O) groups excluding carboxylic acids is 2. The van der Waals surface area contributed by atoms with Gasteiger partial charge in [0.25, 0.3) is 11.8 Å². The number of rotatable bonds is 9. The Morgan fingerprint density at radius 2 is 1.94 bits per heavy atom. The zero-order valence-electron chi connectivity index (χ0n) is 28.9. The highest BCUT2D eigenvalue weighted by Crippen LogP contribution is 2.56. The normalized spacial score (nSPS) is 26.3. The molecule has 2 N–H and O–H groups in total. The number of likely N-dealkylation sites (tertiary alicyclic amines) is 1. The molecule has 3 atom stereocenters. The smallest absolute Gasteiger partial charge is 0.265 e. The van der Waals surface area contributed by atoms with Crippen molar-refractivity contribution in [3.8, 4) is 16.9 Å². The molecule has 262 valence electrons. The molecular weight excluding hydrogens is 656 g/mol. The number of benzene rings is 1. The number of nitrogens with two attached hydrogens (primary N) is 1. The number of halogens is 1. The number of primary amides is 1. The SMILES string of the molecule is COC12CC(C1)C(N1CC[C@@H](n3ncc4c(-c5ccc6c(c5)OCC(=O)N6Cc5ncc(Cl)cn5)c(C(N)=O)c(CC(C)C)nc43)[C@H](C)C1)C2. The van der Waals surface area contributed by atoms with Crippen LogP contribution < -0.4 is 15.4 Å². The summed E-state index contributed by atoms with van der Waals surface area (Å²) in [5, 5.41) is 6.15. The first-order valence-corrected chi connectivity index (χ1v) is 17.9. The van der Waals surface area contributed by atoms with E-state index in [1.807, 2.05) is 31.5 Å². The summed E-state index contributed by atoms with van der Waals surface area (Å²) in [6.07, 6.45) is 9.86. The number of nitrogens with zero attached hydrogens (tertiary/aromatic N) is 7. The van der Waals surface area contributed by atoms with E-state index in [4.69, 9.17) is 36.9 Å². The Balaban J connectivity index is 1.16. The number of anilines is 1. The van der Waals surface area contributed by atoms with Crippen LogP contribution in [0.4, 0.5) is 5.69 Å². The van der Waals surface area contributed by atoms with Crippen molar-refractivity contribution < 1.29 is 19.1 Å². The first-order chi connectivity index (χ1) is 24.0. The van der Waals surface area contributed by atoms with E-state index in [9.17, 15) is 9.59 Å². The summed E-state index contributed by atoms with van der Waals surface area (Å²) in [7, 11) is 1.86. The van der Waals surface area contributed by atoms with Crippen LogP contribution in [0.25, 0.3) is 22.2 Å². The van der Waals surface area contributed by atoms with Gasteiger partial charge in [0.15, 0.2) is 12.3 Å². The van der Waals surface area contributed by atoms with E-state index in [0.29, 0.717) is 57.5 Å². The predicted molar refractivity (Wildman–Crippen MR) is 189 cm³/mol. The van der Waals surface area contributed by atoms with Gasteiger partial charge >= 0.3 is 0 Å². The van der Waals surface area contributed by atoms with Gasteiger partial charge in [0, 0.05) is 49.6 Å². The van der Waals surface area contributed by atoms with Crippen LogP contribution in [0.5, 0.6) is 5.75 Å². The van der Waals surface area contributed by atoms with E-state index in [1.54, 1.807) is 4.90 Å². The topological polar surface area (TPSA) is 142 Å². The molecule has 50 heavy (non-hydrogen) atoms. The standard InChI is InChI=1S/C37H43ClN8O4/c1-20(2)9-26-34(35(39)48)33(22-5-6-28-30(10-22)50-19-32(47)45(28)18-31-40-14-24(38)15-41-31)25-16-42-46(36(25)43-26)27-7-8-44(17-21(27)3)29-13-37(49-4)11-23(29)12-37/h5-6,10,14-16,20-21,23,27,29H,7-9,11-13,17-19H2,1-4H3,(H2,39,48)/t21-,23?,27-,29?,37?/m1/s1. The zero-order valence-corrected chi connectivity index (χ0v) is 29.7. The molecule has 0 spiro atoms. The van der Waals surface area contributed by atoms with Crippen molar-refractivity contribution in [3.63, 3.8) is 0 Å². The van der Waals surface area contributed by atoms with Crippen LogP contribution in [-0.4, -0.2) is 79.9 Å². The maximum Gasteiger partial charge on any atom is 0.265 e. The lowest BCUT2D eigenvalue weighted by Gasteiger charge is -2.42. The van der Waals surface area contributed by atoms with Crippen molar-refractivity contribution in [1.29, 1.82) is 0 Å². The number of aromatic nitrogens is 5. The largest absolute Gasteiger partial charge is 0.482 e. The molecule has 0 radical (unpaired) electrons. The molecule has 5 heterocycles. The zero-order chi connectivity index (χ0) is 34.9. The van der Waals surface area contributed by atoms with Gasteiger partial charge in [0.05, 0.1) is 46.4 Å². The van der Waals surface area contributed by atoms with E-state index in [2.05, 4.69) is 40.3 Å². The van der Waals surface area contributed by atoms with Crippen molar-refractivity contribution in [2.24, 2.45) is 23.5 Å². The van der Waals surface area contributed by atoms with Crippen LogP contribution in [0.3, 0.4) is 0 Å². The molecule has 4 fully saturated rings. The summed E-state index contributed by atoms with van der Waals surface area (Å²) in [4.78, 5) is 44.3. The van der Waals surface area contributed by atoms with Crippen molar-refractivity contribution >= 4 is 40.1 Å². The Hall–Kier alpha value is -4.13. The maximum absolute atomic E-state index is 13.3. The molecule has 9 rings (SSSR count). The lowest BCUT2D eigenvalue weighted by Crippen LogP contribution is -2.46. The second kappa shape index (κ2) is 12.6. The van der Waals surface area contributed by atoms with Crippen LogP contribution in [0.15, 0.2) is 36.8 Å². The summed E-state index contributed by atoms with van der Waals surface area (Å²) >= 11 is 5.98. The van der Waals surface area contributed by atoms with Crippen molar-refractivity contribution in [3.05, 3.63) is 58.9 Å². The summed E-state index contributed by atoms with van der Waals surface area (Å²) in [5.74, 6) is 1.53. The molecule has 3 saturated carbocycles. The summed E-state index contributed by atoms with van der Waals surface area (Å²) in [6, 6.07) is 6.35. The molecule has 2 aliphatic heterocycles. The van der Waals surface area contributed by atoms with Gasteiger partial charge in [-0.3, -0.25) is 19.4 Å². The maximum atomic E-state index is 13.3. The van der Waals surface area contributed by atoms with Gasteiger partial charge in [-0.1, -0.05) is 38.4 Å². The van der Waals surface area contributed by atoms with Crippen LogP contribution in [0.2, 0.25) is 5.02 Å². The Morgan fingerprint density at radius 3 is 2.62 bits per heavy atom. The highest BCUT2D eigenvalue weighted by atomic mass is 35.5. The molecule has 5 aliphatic rings. The minimum Gasteiger partial charge on any atom is -0.482 e. The predicted octanol–water partition coefficient (Wildman–Crippen LogP) is 5.22. The molecule has 2 bridgehead atoms. The van der Waals surface area contributed by atoms with Crippen molar-refractivity contribution in [1.82, 2.24) is 29.6 Å². The number of hydrogen-bond acceptors (Lipinski definition) is 9. The molecule has 13 heteroatoms. The number of pyridine rings is 1. The number of piperidine rings is 1. The molecule has 3 aromatic heterocycles. The third kappa shape index (κ3) is 5.61. The fraction of sp³-hybridized carbons (Fsp3) is 0.514. The summed E-state index contributed by atoms with van der Waals surface area (Å²) in [6.45, 7) is 8.54. The third-order valence-electron chi connectivity index (χ3n) is 11.3. The number of hydrogen-bond donors (Lipinski definition) is 1. The Kier molecular flexibility index (Phi) is 8.31. The van der Waals surface area contributed by atoms with Crippen LogP contribution in [0.1, 0.15) is 74.4 Å². The highest BCUT2D eigenvalue weighted by Gasteiger charge is 2.58. The average molecular weight is 699 g/mol. The van der Waals surface area contributed by atoms with Crippen molar-refractivity contribution in [2.75, 3.05) is 31.7 Å². The van der Waals surface area contributed by atoms with E-state index in [-0.39, 0.29) is 36.6 Å². The molecule has 3 aliphatic carbocycles. The molecule has 12 nitrogen and oxygen atoms in total. The quantitative estimate of drug-likeness (QED) is 0.249. The first kappa shape index (κ1) is 33.0. The number of ether oxygens (including phenoxy) is 2. The Bertz CT molecular complexity index is 1970. The summed E-state index contributed by atoms with van der Waals surface area (Å²) < 4.78 is 14.0. The molecule has 1 aromatic carbocycles. The fourth-order valence-corrected chi connectivity index (χ4v) is 9.03. The Labute approximate surface area is 296 Å². The second-order valence-electron chi connectivity index (χ2n) is 15.0. The average Bonchev–Trinajstić information content (AvgIpc) is 3.78. The van der Waals surface area contributed by atoms with Crippen molar-refractivity contribution in [2.45, 2.75) is 77.1 Å². The summed E-state index contributed by atoms with van der Waals surface area (Å²) in [5.41, 5.74) is 10.1. The van der Waals surface area contributed by atoms with Gasteiger partial charge in [-0.15, -0.1) is 0 Å². The number of fused-ring (bicyclic) bond motifs is 3. The molecule has 4 aromatic rings. The second-order valence-corrected chi connectivity index (χ2v) is 15.5. The van der Waals surface area contributed by atoms with Gasteiger partial charge in [-0.25, -0.2) is 19.6 Å². The van der Waals surface area contributed by atoms with Crippen LogP contribution in [0, 0.1) is 17.8 Å². The van der Waals surface area contributed by atoms with Crippen LogP contribution >= 0.6 is 11.6 Å². The van der Waals surface area contributed by atoms with Gasteiger partial charge in [0.2, 0.25) is 0 Å². The third-order valence-corrected chi connectivity index (χ3v) is 11.5. The van der Waals surface area contributed by atoms with Gasteiger partial charge in [-0.2, -0.15) is 5.10 Å². The van der Waals surface area contributed by atoms with Crippen LogP contribution in [-0.2, 0) is 22.5 Å².